The highest BCUT2D eigenvalue weighted by Gasteiger charge is 2.21. The number of carbonyl (C=O) groups is 3. The summed E-state index contributed by atoms with van der Waals surface area (Å²) in [7, 11) is 0. The average molecular weight is 470 g/mol. The summed E-state index contributed by atoms with van der Waals surface area (Å²) in [6.07, 6.45) is 5.38. The largest absolute Gasteiger partial charge is 0.481 e. The number of aliphatic carboxylic acids is 1. The fraction of sp³-hybridized carbons (Fsp3) is 0.304. The summed E-state index contributed by atoms with van der Waals surface area (Å²) in [4.78, 5) is 41.0. The lowest BCUT2D eigenvalue weighted by atomic mass is 9.95. The summed E-state index contributed by atoms with van der Waals surface area (Å²) in [5.41, 5.74) is 2.02. The Morgan fingerprint density at radius 3 is 2.47 bits per heavy atom. The lowest BCUT2D eigenvalue weighted by Crippen LogP contribution is -2.37. The van der Waals surface area contributed by atoms with Crippen LogP contribution in [0.4, 0.5) is 5.69 Å². The zero-order valence-corrected chi connectivity index (χ0v) is 18.9. The lowest BCUT2D eigenvalue weighted by molar-refractivity contribution is -0.133. The van der Waals surface area contributed by atoms with Crippen LogP contribution in [0.2, 0.25) is 0 Å². The van der Waals surface area contributed by atoms with Crippen molar-refractivity contribution in [3.8, 4) is 0 Å². The van der Waals surface area contributed by atoms with E-state index < -0.39 is 5.97 Å². The standard InChI is InChI=1S/C23H23N3O4S2/c27-20(28)13-31-23-26-18-11-10-15(12-19(18)32-23)25-22(30)17-9-5-4-8-16(17)21(29)24-14-6-2-1-3-7-14/h4-5,8-12,14H,1-3,6-7,13H2,(H,24,29)(H,25,30)(H,27,28). The normalized spacial score (nSPS) is 14.2. The minimum Gasteiger partial charge on any atom is -0.481 e. The van der Waals surface area contributed by atoms with Crippen molar-refractivity contribution in [2.75, 3.05) is 11.1 Å². The first-order chi connectivity index (χ1) is 15.5. The number of nitrogens with one attached hydrogen (secondary N) is 2. The topological polar surface area (TPSA) is 108 Å². The first-order valence-electron chi connectivity index (χ1n) is 10.5. The van der Waals surface area contributed by atoms with E-state index in [1.165, 1.54) is 29.5 Å². The van der Waals surface area contributed by atoms with Gasteiger partial charge in [0.15, 0.2) is 4.34 Å². The van der Waals surface area contributed by atoms with Gasteiger partial charge in [-0.3, -0.25) is 14.4 Å². The summed E-state index contributed by atoms with van der Waals surface area (Å²) in [5, 5.41) is 14.8. The molecule has 32 heavy (non-hydrogen) atoms. The molecule has 4 rings (SSSR count). The predicted octanol–water partition coefficient (Wildman–Crippen LogP) is 4.79. The summed E-state index contributed by atoms with van der Waals surface area (Å²) < 4.78 is 1.51. The van der Waals surface area contributed by atoms with Crippen molar-refractivity contribution in [3.05, 3.63) is 53.6 Å². The molecule has 2 amide bonds. The average Bonchev–Trinajstić information content (AvgIpc) is 3.20. The number of carboxylic acid groups (broad SMARTS) is 1. The molecule has 1 aliphatic rings. The van der Waals surface area contributed by atoms with Crippen LogP contribution < -0.4 is 10.6 Å². The highest BCUT2D eigenvalue weighted by atomic mass is 32.2. The van der Waals surface area contributed by atoms with Gasteiger partial charge in [-0.2, -0.15) is 0 Å². The number of fused-ring (bicyclic) bond motifs is 1. The molecule has 0 bridgehead atoms. The van der Waals surface area contributed by atoms with Gasteiger partial charge in [-0.25, -0.2) is 4.98 Å². The van der Waals surface area contributed by atoms with Crippen LogP contribution in [-0.4, -0.2) is 39.7 Å². The molecule has 0 unspecified atom stereocenters. The number of anilines is 1. The van der Waals surface area contributed by atoms with Crippen molar-refractivity contribution in [3.63, 3.8) is 0 Å². The van der Waals surface area contributed by atoms with Gasteiger partial charge in [0.25, 0.3) is 11.8 Å². The van der Waals surface area contributed by atoms with Crippen LogP contribution in [0.5, 0.6) is 0 Å². The van der Waals surface area contributed by atoms with Gasteiger partial charge in [0.05, 0.1) is 27.1 Å². The Balaban J connectivity index is 1.48. The Kier molecular flexibility index (Phi) is 7.06. The van der Waals surface area contributed by atoms with E-state index in [2.05, 4.69) is 15.6 Å². The fourth-order valence-corrected chi connectivity index (χ4v) is 5.58. The molecule has 0 aliphatic heterocycles. The Morgan fingerprint density at radius 2 is 1.75 bits per heavy atom. The quantitative estimate of drug-likeness (QED) is 0.430. The fourth-order valence-electron chi connectivity index (χ4n) is 3.75. The number of nitrogens with zero attached hydrogens (tertiary/aromatic N) is 1. The molecule has 1 aromatic heterocycles. The smallest absolute Gasteiger partial charge is 0.313 e. The van der Waals surface area contributed by atoms with Crippen LogP contribution in [0.1, 0.15) is 52.8 Å². The van der Waals surface area contributed by atoms with Crippen molar-refractivity contribution in [1.82, 2.24) is 10.3 Å². The molecule has 3 N–H and O–H groups in total. The Bertz CT molecular complexity index is 1160. The molecule has 7 nitrogen and oxygen atoms in total. The molecule has 0 spiro atoms. The number of hydrogen-bond donors (Lipinski definition) is 3. The number of aromatic nitrogens is 1. The van der Waals surface area contributed by atoms with Crippen molar-refractivity contribution in [2.45, 2.75) is 42.5 Å². The Hall–Kier alpha value is -2.91. The SMILES string of the molecule is O=C(O)CSc1nc2ccc(NC(=O)c3ccccc3C(=O)NC3CCCCC3)cc2s1. The Morgan fingerprint density at radius 1 is 1.03 bits per heavy atom. The number of hydrogen-bond acceptors (Lipinski definition) is 6. The molecular formula is C23H23N3O4S2. The molecule has 1 heterocycles. The number of carboxylic acids is 1. The maximum atomic E-state index is 13.0. The van der Waals surface area contributed by atoms with E-state index in [9.17, 15) is 14.4 Å². The first kappa shape index (κ1) is 22.3. The number of benzene rings is 2. The van der Waals surface area contributed by atoms with Crippen molar-refractivity contribution in [2.24, 2.45) is 0 Å². The highest BCUT2D eigenvalue weighted by molar-refractivity contribution is 8.01. The van der Waals surface area contributed by atoms with Gasteiger partial charge in [0, 0.05) is 11.7 Å². The Labute approximate surface area is 193 Å². The highest BCUT2D eigenvalue weighted by Crippen LogP contribution is 2.31. The number of thiazole rings is 1. The van der Waals surface area contributed by atoms with Crippen molar-refractivity contribution in [1.29, 1.82) is 0 Å². The van der Waals surface area contributed by atoms with Crippen molar-refractivity contribution < 1.29 is 19.5 Å². The molecule has 0 radical (unpaired) electrons. The molecule has 0 saturated heterocycles. The molecule has 0 atom stereocenters. The lowest BCUT2D eigenvalue weighted by Gasteiger charge is -2.23. The summed E-state index contributed by atoms with van der Waals surface area (Å²) in [6, 6.07) is 12.3. The summed E-state index contributed by atoms with van der Waals surface area (Å²) >= 11 is 2.54. The minimum absolute atomic E-state index is 0.0525. The predicted molar refractivity (Wildman–Crippen MR) is 127 cm³/mol. The zero-order chi connectivity index (χ0) is 22.5. The molecular weight excluding hydrogens is 446 g/mol. The molecule has 3 aromatic rings. The van der Waals surface area contributed by atoms with Gasteiger partial charge >= 0.3 is 5.97 Å². The van der Waals surface area contributed by atoms with Crippen molar-refractivity contribution >= 4 is 56.8 Å². The number of thioether (sulfide) groups is 1. The molecule has 1 fully saturated rings. The van der Waals surface area contributed by atoms with Crippen LogP contribution in [0.15, 0.2) is 46.8 Å². The van der Waals surface area contributed by atoms with Crippen LogP contribution in [0.25, 0.3) is 10.2 Å². The van der Waals surface area contributed by atoms with E-state index in [1.807, 2.05) is 0 Å². The summed E-state index contributed by atoms with van der Waals surface area (Å²) in [5.74, 6) is -1.53. The van der Waals surface area contributed by atoms with Gasteiger partial charge in [-0.05, 0) is 43.2 Å². The number of rotatable bonds is 7. The molecule has 2 aromatic carbocycles. The molecule has 1 aliphatic carbocycles. The first-order valence-corrected chi connectivity index (χ1v) is 12.3. The van der Waals surface area contributed by atoms with E-state index in [1.54, 1.807) is 42.5 Å². The van der Waals surface area contributed by atoms with E-state index in [0.29, 0.717) is 21.2 Å². The molecule has 166 valence electrons. The number of amides is 2. The van der Waals surface area contributed by atoms with Crippen LogP contribution >= 0.6 is 23.1 Å². The van der Waals surface area contributed by atoms with Gasteiger partial charge in [-0.15, -0.1) is 11.3 Å². The molecule has 9 heteroatoms. The van der Waals surface area contributed by atoms with Crippen LogP contribution in [0, 0.1) is 0 Å². The monoisotopic (exact) mass is 469 g/mol. The van der Waals surface area contributed by atoms with Gasteiger partial charge < -0.3 is 15.7 Å². The maximum absolute atomic E-state index is 13.0. The third kappa shape index (κ3) is 5.46. The third-order valence-corrected chi connectivity index (χ3v) is 7.45. The second kappa shape index (κ2) is 10.1. The second-order valence-corrected chi connectivity index (χ2v) is 9.91. The van der Waals surface area contributed by atoms with E-state index in [-0.39, 0.29) is 23.6 Å². The van der Waals surface area contributed by atoms with Gasteiger partial charge in [0.1, 0.15) is 0 Å². The van der Waals surface area contributed by atoms with E-state index in [0.717, 1.165) is 35.9 Å². The molecule has 1 saturated carbocycles. The third-order valence-electron chi connectivity index (χ3n) is 5.30. The zero-order valence-electron chi connectivity index (χ0n) is 17.3. The van der Waals surface area contributed by atoms with Crippen LogP contribution in [-0.2, 0) is 4.79 Å². The van der Waals surface area contributed by atoms with Crippen LogP contribution in [0.3, 0.4) is 0 Å². The maximum Gasteiger partial charge on any atom is 0.313 e. The van der Waals surface area contributed by atoms with Gasteiger partial charge in [0.2, 0.25) is 0 Å². The second-order valence-electron chi connectivity index (χ2n) is 7.65. The minimum atomic E-state index is -0.895. The van der Waals surface area contributed by atoms with Gasteiger partial charge in [-0.1, -0.05) is 43.2 Å². The van der Waals surface area contributed by atoms with E-state index >= 15 is 0 Å². The summed E-state index contributed by atoms with van der Waals surface area (Å²) in [6.45, 7) is 0. The van der Waals surface area contributed by atoms with E-state index in [4.69, 9.17) is 5.11 Å². The number of carbonyl (C=O) groups excluding carboxylic acids is 2.